The molecule has 10 heteroatoms. The van der Waals surface area contributed by atoms with E-state index in [-0.39, 0.29) is 22.6 Å². The van der Waals surface area contributed by atoms with Crippen molar-refractivity contribution in [1.29, 1.82) is 0 Å². The van der Waals surface area contributed by atoms with Gasteiger partial charge < -0.3 is 30.8 Å². The fraction of sp³-hybridized carbons (Fsp3) is 0.360. The van der Waals surface area contributed by atoms with Crippen LogP contribution in [-0.2, 0) is 9.59 Å². The van der Waals surface area contributed by atoms with Crippen LogP contribution in [0.25, 0.3) is 33.6 Å². The maximum Gasteiger partial charge on any atom is 0.229 e. The molecule has 2 aliphatic rings. The number of rotatable bonds is 13. The normalized spacial score (nSPS) is 17.5. The summed E-state index contributed by atoms with van der Waals surface area (Å²) >= 11 is 0. The van der Waals surface area contributed by atoms with Crippen molar-refractivity contribution >= 4 is 11.8 Å². The Hall–Kier alpha value is -5.84. The zero-order valence-electron chi connectivity index (χ0n) is 35.3. The standard InChI is InChI=1S/C50H56N6O4/c1-47(2,3)39(55-45(59)49(25-26-49)41(57)35-13-9-7-10-14-35)43-51-29-37(53-43)33-21-17-31(18-22-33)32-19-23-34(24-20-32)38-30-52-44(54-38)40(48(4,5)6)56-46(60)50(27-28-50)42(58)36-15-11-8-12-16-36/h7-24,29-30,39-42,57-58H,25-28H2,1-6H3,(H,51,53)(H,52,54)(H,55,59)(H,56,60). The molecule has 2 heterocycles. The number of aromatic nitrogens is 4. The number of carbonyl (C=O) groups excluding carboxylic acids is 2. The van der Waals surface area contributed by atoms with E-state index in [1.165, 1.54) is 0 Å². The summed E-state index contributed by atoms with van der Waals surface area (Å²) in [5.74, 6) is 1.03. The van der Waals surface area contributed by atoms with E-state index in [4.69, 9.17) is 9.97 Å². The minimum atomic E-state index is -0.867. The average molecular weight is 805 g/mol. The third kappa shape index (κ3) is 8.06. The molecular formula is C50H56N6O4. The quantitative estimate of drug-likeness (QED) is 0.0683. The molecule has 4 atom stereocenters. The highest BCUT2D eigenvalue weighted by Gasteiger charge is 2.57. The van der Waals surface area contributed by atoms with Crippen LogP contribution < -0.4 is 10.6 Å². The zero-order chi connectivity index (χ0) is 42.5. The molecule has 2 aromatic heterocycles. The first-order valence-electron chi connectivity index (χ1n) is 21.0. The first-order valence-corrected chi connectivity index (χ1v) is 21.0. The second-order valence-corrected chi connectivity index (χ2v) is 19.0. The molecule has 0 saturated heterocycles. The van der Waals surface area contributed by atoms with Gasteiger partial charge in [0.05, 0.1) is 46.5 Å². The number of nitrogens with zero attached hydrogens (tertiary/aromatic N) is 2. The average Bonchev–Trinajstić information content (AvgIpc) is 4.14. The molecule has 2 aliphatic carbocycles. The summed E-state index contributed by atoms with van der Waals surface area (Å²) < 4.78 is 0. The van der Waals surface area contributed by atoms with Gasteiger partial charge in [-0.3, -0.25) is 9.59 Å². The molecule has 0 aliphatic heterocycles. The summed E-state index contributed by atoms with van der Waals surface area (Å²) in [5.41, 5.74) is 4.70. The highest BCUT2D eigenvalue weighted by atomic mass is 16.3. The first-order chi connectivity index (χ1) is 28.6. The highest BCUT2D eigenvalue weighted by Crippen LogP contribution is 2.57. The molecule has 4 aromatic carbocycles. The Kier molecular flexibility index (Phi) is 10.7. The lowest BCUT2D eigenvalue weighted by molar-refractivity contribution is -0.133. The van der Waals surface area contributed by atoms with Gasteiger partial charge in [0.15, 0.2) is 0 Å². The number of hydrogen-bond acceptors (Lipinski definition) is 6. The van der Waals surface area contributed by atoms with Crippen LogP contribution in [0.3, 0.4) is 0 Å². The molecule has 0 radical (unpaired) electrons. The second kappa shape index (κ2) is 15.6. The molecule has 2 fully saturated rings. The third-order valence-corrected chi connectivity index (χ3v) is 12.5. The molecule has 0 spiro atoms. The van der Waals surface area contributed by atoms with Crippen molar-refractivity contribution < 1.29 is 19.8 Å². The van der Waals surface area contributed by atoms with Crippen molar-refractivity contribution in [2.45, 2.75) is 91.5 Å². The lowest BCUT2D eigenvalue weighted by Gasteiger charge is -2.32. The zero-order valence-corrected chi connectivity index (χ0v) is 35.3. The van der Waals surface area contributed by atoms with Gasteiger partial charge in [-0.1, -0.05) is 151 Å². The Morgan fingerprint density at radius 1 is 0.533 bits per heavy atom. The predicted molar refractivity (Wildman–Crippen MR) is 234 cm³/mol. The third-order valence-electron chi connectivity index (χ3n) is 12.5. The van der Waals surface area contributed by atoms with Crippen LogP contribution in [0.5, 0.6) is 0 Å². The lowest BCUT2D eigenvalue weighted by atomic mass is 9.84. The van der Waals surface area contributed by atoms with Crippen molar-refractivity contribution in [1.82, 2.24) is 30.6 Å². The van der Waals surface area contributed by atoms with Crippen molar-refractivity contribution in [2.24, 2.45) is 21.7 Å². The van der Waals surface area contributed by atoms with Crippen LogP contribution in [-0.4, -0.2) is 42.0 Å². The number of aromatic amines is 2. The molecule has 0 bridgehead atoms. The Labute approximate surface area is 352 Å². The van der Waals surface area contributed by atoms with Gasteiger partial charge in [0.1, 0.15) is 11.6 Å². The van der Waals surface area contributed by atoms with E-state index < -0.39 is 35.1 Å². The molecule has 4 unspecified atom stereocenters. The van der Waals surface area contributed by atoms with E-state index in [1.807, 2.05) is 73.1 Å². The molecule has 8 rings (SSSR count). The minimum absolute atomic E-state index is 0.152. The van der Waals surface area contributed by atoms with Crippen LogP contribution in [0.15, 0.2) is 122 Å². The number of nitrogens with one attached hydrogen (secondary N) is 4. The number of imidazole rings is 2. The van der Waals surface area contributed by atoms with Crippen LogP contribution in [0.4, 0.5) is 0 Å². The number of hydrogen-bond donors (Lipinski definition) is 6. The van der Waals surface area contributed by atoms with Crippen LogP contribution in [0.1, 0.15) is 114 Å². The fourth-order valence-corrected chi connectivity index (χ4v) is 8.30. The maximum absolute atomic E-state index is 13.8. The van der Waals surface area contributed by atoms with Gasteiger partial charge in [-0.05, 0) is 58.8 Å². The molecule has 2 amide bonds. The van der Waals surface area contributed by atoms with Gasteiger partial charge in [0, 0.05) is 23.5 Å². The smallest absolute Gasteiger partial charge is 0.229 e. The molecule has 310 valence electrons. The number of carbonyl (C=O) groups is 2. The van der Waals surface area contributed by atoms with Gasteiger partial charge in [-0.15, -0.1) is 0 Å². The van der Waals surface area contributed by atoms with Gasteiger partial charge in [0.2, 0.25) is 11.8 Å². The van der Waals surface area contributed by atoms with Crippen LogP contribution >= 0.6 is 0 Å². The van der Waals surface area contributed by atoms with Gasteiger partial charge in [-0.25, -0.2) is 9.97 Å². The number of benzene rings is 4. The van der Waals surface area contributed by atoms with E-state index in [2.05, 4.69) is 111 Å². The monoisotopic (exact) mass is 804 g/mol. The summed E-state index contributed by atoms with van der Waals surface area (Å²) in [6.45, 7) is 12.4. The molecule has 10 nitrogen and oxygen atoms in total. The summed E-state index contributed by atoms with van der Waals surface area (Å²) in [4.78, 5) is 44.1. The number of amides is 2. The topological polar surface area (TPSA) is 156 Å². The largest absolute Gasteiger partial charge is 0.387 e. The van der Waals surface area contributed by atoms with Gasteiger partial charge in [-0.2, -0.15) is 0 Å². The Morgan fingerprint density at radius 3 is 1.15 bits per heavy atom. The first kappa shape index (κ1) is 40.9. The second-order valence-electron chi connectivity index (χ2n) is 19.0. The summed E-state index contributed by atoms with van der Waals surface area (Å²) in [7, 11) is 0. The maximum atomic E-state index is 13.8. The molecular weight excluding hydrogens is 749 g/mol. The van der Waals surface area contributed by atoms with Gasteiger partial charge in [0.25, 0.3) is 0 Å². The molecule has 60 heavy (non-hydrogen) atoms. The molecule has 6 aromatic rings. The number of aliphatic hydroxyl groups excluding tert-OH is 2. The van der Waals surface area contributed by atoms with Gasteiger partial charge >= 0.3 is 0 Å². The fourth-order valence-electron chi connectivity index (χ4n) is 8.30. The van der Waals surface area contributed by atoms with E-state index in [0.717, 1.165) is 44.8 Å². The Balaban J connectivity index is 0.932. The Bertz CT molecular complexity index is 2260. The Morgan fingerprint density at radius 2 is 0.850 bits per heavy atom. The SMILES string of the molecule is CC(C)(C)C(NC(=O)C1(C(O)c2ccccc2)CC1)c1nc(-c2ccc(-c3ccc(-c4c[nH]c(C(NC(=O)C5(C(O)c6ccccc6)CC5)C(C)(C)C)n4)cc3)cc2)c[nH]1. The summed E-state index contributed by atoms with van der Waals surface area (Å²) in [6.07, 6.45) is 4.56. The van der Waals surface area contributed by atoms with Crippen molar-refractivity contribution in [2.75, 3.05) is 0 Å². The molecule has 6 N–H and O–H groups in total. The highest BCUT2D eigenvalue weighted by molar-refractivity contribution is 5.87. The van der Waals surface area contributed by atoms with Crippen LogP contribution in [0.2, 0.25) is 0 Å². The number of H-pyrrole nitrogens is 2. The van der Waals surface area contributed by atoms with E-state index >= 15 is 0 Å². The minimum Gasteiger partial charge on any atom is -0.387 e. The summed E-state index contributed by atoms with van der Waals surface area (Å²) in [5, 5.41) is 28.9. The van der Waals surface area contributed by atoms with Crippen LogP contribution in [0, 0.1) is 21.7 Å². The van der Waals surface area contributed by atoms with Crippen molar-refractivity contribution in [3.8, 4) is 33.6 Å². The lowest BCUT2D eigenvalue weighted by Crippen LogP contribution is -2.43. The van der Waals surface area contributed by atoms with E-state index in [1.54, 1.807) is 0 Å². The van der Waals surface area contributed by atoms with E-state index in [0.29, 0.717) is 37.3 Å². The summed E-state index contributed by atoms with van der Waals surface area (Å²) in [6, 6.07) is 34.5. The van der Waals surface area contributed by atoms with Crippen molar-refractivity contribution in [3.05, 3.63) is 144 Å². The van der Waals surface area contributed by atoms with E-state index in [9.17, 15) is 19.8 Å². The van der Waals surface area contributed by atoms with Crippen molar-refractivity contribution in [3.63, 3.8) is 0 Å². The molecule has 2 saturated carbocycles. The predicted octanol–water partition coefficient (Wildman–Crippen LogP) is 9.57. The number of aliphatic hydroxyl groups is 2.